The number of hydrogen-bond acceptors (Lipinski definition) is 3. The highest BCUT2D eigenvalue weighted by molar-refractivity contribution is 6.31. The summed E-state index contributed by atoms with van der Waals surface area (Å²) in [4.78, 5) is 14.2. The molecule has 0 unspecified atom stereocenters. The molecule has 7 heteroatoms. The minimum Gasteiger partial charge on any atom is -0.384 e. The second kappa shape index (κ2) is 9.67. The van der Waals surface area contributed by atoms with Gasteiger partial charge in [-0.1, -0.05) is 74.5 Å². The smallest absolute Gasteiger partial charge is 0.238 e. The van der Waals surface area contributed by atoms with Crippen molar-refractivity contribution in [3.05, 3.63) is 63.4 Å². The van der Waals surface area contributed by atoms with E-state index >= 15 is 4.39 Å². The van der Waals surface area contributed by atoms with Crippen LogP contribution in [0.15, 0.2) is 36.4 Å². The van der Waals surface area contributed by atoms with Crippen molar-refractivity contribution in [2.45, 2.75) is 101 Å². The number of hydrogen-bond donors (Lipinski definition) is 3. The van der Waals surface area contributed by atoms with Gasteiger partial charge in [0.05, 0.1) is 11.1 Å². The van der Waals surface area contributed by atoms with Crippen LogP contribution in [0, 0.1) is 11.2 Å². The van der Waals surface area contributed by atoms with Gasteiger partial charge >= 0.3 is 0 Å². The number of carbonyl (C=O) groups excluding carboxylic acids is 1. The summed E-state index contributed by atoms with van der Waals surface area (Å²) in [6.45, 7) is 5.26. The molecule has 3 N–H and O–H groups in total. The molecule has 2 aromatic rings. The zero-order valence-corrected chi connectivity index (χ0v) is 23.8. The Bertz CT molecular complexity index is 1230. The third kappa shape index (κ3) is 4.15. The summed E-state index contributed by atoms with van der Waals surface area (Å²) in [5.41, 5.74) is 1.92. The summed E-state index contributed by atoms with van der Waals surface area (Å²) >= 11 is 12.8. The molecule has 38 heavy (non-hydrogen) atoms. The van der Waals surface area contributed by atoms with Crippen molar-refractivity contribution in [3.63, 3.8) is 0 Å². The highest BCUT2D eigenvalue weighted by Crippen LogP contribution is 2.63. The lowest BCUT2D eigenvalue weighted by Gasteiger charge is -2.51. The van der Waals surface area contributed by atoms with Crippen LogP contribution in [-0.4, -0.2) is 30.1 Å². The van der Waals surface area contributed by atoms with Crippen molar-refractivity contribution < 1.29 is 9.18 Å². The summed E-state index contributed by atoms with van der Waals surface area (Å²) in [6.07, 6.45) is 9.39. The molecule has 2 heterocycles. The average Bonchev–Trinajstić information content (AvgIpc) is 3.40. The van der Waals surface area contributed by atoms with Crippen LogP contribution in [0.1, 0.15) is 88.7 Å². The van der Waals surface area contributed by atoms with Crippen LogP contribution in [-0.2, 0) is 10.2 Å². The lowest BCUT2D eigenvalue weighted by molar-refractivity contribution is -0.124. The third-order valence-electron chi connectivity index (χ3n) is 10.2. The molecule has 0 radical (unpaired) electrons. The molecule has 4 aliphatic rings. The van der Waals surface area contributed by atoms with Crippen molar-refractivity contribution in [2.75, 3.05) is 11.9 Å². The van der Waals surface area contributed by atoms with E-state index in [0.717, 1.165) is 62.6 Å². The van der Waals surface area contributed by atoms with Crippen LogP contribution in [0.4, 0.5) is 10.1 Å². The summed E-state index contributed by atoms with van der Waals surface area (Å²) in [5, 5.41) is 11.7. The number of benzene rings is 2. The predicted molar refractivity (Wildman–Crippen MR) is 153 cm³/mol. The zero-order valence-electron chi connectivity index (χ0n) is 22.3. The first kappa shape index (κ1) is 26.4. The third-order valence-corrected chi connectivity index (χ3v) is 10.7. The van der Waals surface area contributed by atoms with Gasteiger partial charge in [0.15, 0.2) is 0 Å². The summed E-state index contributed by atoms with van der Waals surface area (Å²) in [7, 11) is 0. The number of anilines is 1. The van der Waals surface area contributed by atoms with Crippen molar-refractivity contribution in [1.82, 2.24) is 10.6 Å². The molecule has 2 saturated carbocycles. The molecular weight excluding hydrogens is 520 g/mol. The van der Waals surface area contributed by atoms with E-state index in [9.17, 15) is 4.79 Å². The van der Waals surface area contributed by atoms with Crippen molar-refractivity contribution in [3.8, 4) is 0 Å². The van der Waals surface area contributed by atoms with Gasteiger partial charge in [-0.3, -0.25) is 10.1 Å². The second-order valence-corrected chi connectivity index (χ2v) is 13.7. The molecule has 6 rings (SSSR count). The molecule has 2 aromatic carbocycles. The van der Waals surface area contributed by atoms with E-state index in [0.29, 0.717) is 17.1 Å². The van der Waals surface area contributed by atoms with Crippen molar-refractivity contribution in [2.24, 2.45) is 5.41 Å². The molecule has 1 amide bonds. The van der Waals surface area contributed by atoms with Gasteiger partial charge in [0.25, 0.3) is 0 Å². The van der Waals surface area contributed by atoms with Gasteiger partial charge in [-0.2, -0.15) is 0 Å². The first-order chi connectivity index (χ1) is 18.2. The Morgan fingerprint density at radius 3 is 2.50 bits per heavy atom. The number of rotatable bonds is 3. The topological polar surface area (TPSA) is 53.2 Å². The Morgan fingerprint density at radius 2 is 1.76 bits per heavy atom. The van der Waals surface area contributed by atoms with E-state index in [2.05, 4.69) is 35.9 Å². The minimum atomic E-state index is -0.575. The van der Waals surface area contributed by atoms with E-state index in [1.165, 1.54) is 6.42 Å². The molecule has 2 aliphatic carbocycles. The van der Waals surface area contributed by atoms with E-state index in [1.807, 2.05) is 24.3 Å². The Hall–Kier alpha value is -1.82. The normalized spacial score (nSPS) is 29.8. The quantitative estimate of drug-likeness (QED) is 0.370. The maximum Gasteiger partial charge on any atom is 0.238 e. The van der Waals surface area contributed by atoms with Crippen LogP contribution in [0.5, 0.6) is 0 Å². The van der Waals surface area contributed by atoms with Gasteiger partial charge in [-0.15, -0.1) is 0 Å². The van der Waals surface area contributed by atoms with Gasteiger partial charge in [0, 0.05) is 40.2 Å². The van der Waals surface area contributed by atoms with Crippen molar-refractivity contribution in [1.29, 1.82) is 0 Å². The van der Waals surface area contributed by atoms with E-state index < -0.39 is 23.2 Å². The van der Waals surface area contributed by atoms with Gasteiger partial charge in [-0.25, -0.2) is 4.39 Å². The first-order valence-electron chi connectivity index (χ1n) is 14.2. The lowest BCUT2D eigenvalue weighted by Crippen LogP contribution is -2.60. The monoisotopic (exact) mass is 557 g/mol. The Morgan fingerprint density at radius 1 is 1.03 bits per heavy atom. The lowest BCUT2D eigenvalue weighted by atomic mass is 9.53. The maximum absolute atomic E-state index is 16.0. The van der Waals surface area contributed by atoms with E-state index in [1.54, 1.807) is 6.07 Å². The fourth-order valence-corrected chi connectivity index (χ4v) is 8.44. The summed E-state index contributed by atoms with van der Waals surface area (Å²) < 4.78 is 16.0. The van der Waals surface area contributed by atoms with Crippen LogP contribution in [0.2, 0.25) is 10.0 Å². The summed E-state index contributed by atoms with van der Waals surface area (Å²) in [6, 6.07) is 10.8. The molecule has 0 aromatic heterocycles. The fourth-order valence-electron chi connectivity index (χ4n) is 8.08. The van der Waals surface area contributed by atoms with Gasteiger partial charge < -0.3 is 10.6 Å². The molecule has 4 nitrogen and oxygen atoms in total. The number of halogens is 3. The van der Waals surface area contributed by atoms with E-state index in [4.69, 9.17) is 23.2 Å². The second-order valence-electron chi connectivity index (χ2n) is 12.8. The molecule has 3 atom stereocenters. The number of nitrogens with one attached hydrogen (secondary N) is 3. The van der Waals surface area contributed by atoms with Gasteiger partial charge in [0.1, 0.15) is 5.82 Å². The molecule has 1 saturated heterocycles. The van der Waals surface area contributed by atoms with Crippen LogP contribution < -0.4 is 16.0 Å². The highest BCUT2D eigenvalue weighted by atomic mass is 35.5. The van der Waals surface area contributed by atoms with E-state index in [-0.39, 0.29) is 27.9 Å². The van der Waals surface area contributed by atoms with Gasteiger partial charge in [-0.05, 0) is 73.3 Å². The van der Waals surface area contributed by atoms with Crippen LogP contribution in [0.25, 0.3) is 0 Å². The maximum atomic E-state index is 16.0. The Kier molecular flexibility index (Phi) is 6.72. The van der Waals surface area contributed by atoms with Crippen LogP contribution in [0.3, 0.4) is 0 Å². The molecule has 3 fully saturated rings. The molecule has 204 valence electrons. The molecule has 2 aliphatic heterocycles. The highest BCUT2D eigenvalue weighted by Gasteiger charge is 2.69. The zero-order chi connectivity index (χ0) is 26.7. The predicted octanol–water partition coefficient (Wildman–Crippen LogP) is 7.34. The molecule has 2 spiro atoms. The molecular formula is C31H38Cl2FN3O. The minimum absolute atomic E-state index is 0.0234. The van der Waals surface area contributed by atoms with Gasteiger partial charge in [0.2, 0.25) is 5.91 Å². The number of carbonyl (C=O) groups is 1. The Labute approximate surface area is 235 Å². The number of amides is 1. The first-order valence-corrected chi connectivity index (χ1v) is 15.0. The fraction of sp³-hybridized carbons (Fsp3) is 0.581. The Balaban J connectivity index is 1.53. The SMILES string of the molecule is CC1(C)CCC2(CC1)N[C@@H](C(=O)NC1CCCCC1)[C@H](c1cccc(Cl)c1F)[C@]21CNc2cc(Cl)ccc21. The van der Waals surface area contributed by atoms with Crippen molar-refractivity contribution >= 4 is 34.8 Å². The number of fused-ring (bicyclic) bond motifs is 3. The largest absolute Gasteiger partial charge is 0.384 e. The standard InChI is InChI=1S/C31H38Cl2FN3O/c1-29(2)13-15-30(16-14-29)31(18-35-24-17-19(32)11-12-22(24)31)25(21-9-6-10-23(33)26(21)34)27(37-30)28(38)36-20-7-4-3-5-8-20/h6,9-12,17,20,25,27,35,37H,3-5,7-8,13-16,18H2,1-2H3,(H,36,38)/t25-,27+,31+/m0/s1. The molecule has 0 bridgehead atoms. The average molecular weight is 559 g/mol. The summed E-state index contributed by atoms with van der Waals surface area (Å²) in [5.74, 6) is -0.878. The van der Waals surface area contributed by atoms with Crippen LogP contribution >= 0.6 is 23.2 Å².